The molecule has 0 amide bonds. The molecule has 6 heteroatoms. The van der Waals surface area contributed by atoms with Crippen molar-refractivity contribution >= 4 is 21.4 Å². The second kappa shape index (κ2) is 6.98. The Labute approximate surface area is 144 Å². The van der Waals surface area contributed by atoms with Gasteiger partial charge < -0.3 is 24.7 Å². The van der Waals surface area contributed by atoms with Gasteiger partial charge in [-0.25, -0.2) is 0 Å². The van der Waals surface area contributed by atoms with Crippen LogP contribution in [-0.4, -0.2) is 21.3 Å². The molecule has 0 radical (unpaired) electrons. The quantitative estimate of drug-likeness (QED) is 0.726. The second-order valence-corrected chi connectivity index (χ2v) is 6.18. The Bertz CT molecular complexity index is 842. The van der Waals surface area contributed by atoms with Crippen LogP contribution in [0.4, 0.5) is 0 Å². The van der Waals surface area contributed by atoms with Gasteiger partial charge in [-0.15, -0.1) is 11.3 Å². The Morgan fingerprint density at radius 3 is 2.08 bits per heavy atom. The fourth-order valence-electron chi connectivity index (χ4n) is 2.46. The monoisotopic (exact) mass is 345 g/mol. The zero-order valence-corrected chi connectivity index (χ0v) is 14.6. The van der Waals surface area contributed by atoms with Crippen LogP contribution in [0.1, 0.15) is 4.88 Å². The van der Waals surface area contributed by atoms with E-state index in [1.807, 2.05) is 36.4 Å². The van der Waals surface area contributed by atoms with Crippen LogP contribution in [0.15, 0.2) is 36.4 Å². The van der Waals surface area contributed by atoms with E-state index in [4.69, 9.17) is 24.7 Å². The van der Waals surface area contributed by atoms with Crippen molar-refractivity contribution in [1.29, 1.82) is 0 Å². The molecule has 0 unspecified atom stereocenters. The number of nitrogens with two attached hydrogens (primary N) is 1. The predicted octanol–water partition coefficient (Wildman–Crippen LogP) is 4.18. The Balaban J connectivity index is 2.07. The van der Waals surface area contributed by atoms with Crippen LogP contribution in [0.25, 0.3) is 10.1 Å². The highest BCUT2D eigenvalue weighted by Gasteiger charge is 2.17. The molecule has 0 aliphatic rings. The molecule has 1 aromatic heterocycles. The number of rotatable bonds is 6. The molecule has 0 bridgehead atoms. The normalized spacial score (nSPS) is 10.7. The van der Waals surface area contributed by atoms with Crippen molar-refractivity contribution < 1.29 is 18.9 Å². The molecule has 5 nitrogen and oxygen atoms in total. The van der Waals surface area contributed by atoms with Gasteiger partial charge in [0.1, 0.15) is 11.5 Å². The average Bonchev–Trinajstić information content (AvgIpc) is 2.97. The first-order valence-electron chi connectivity index (χ1n) is 7.39. The Morgan fingerprint density at radius 1 is 0.875 bits per heavy atom. The summed E-state index contributed by atoms with van der Waals surface area (Å²) in [6.07, 6.45) is 0. The third-order valence-electron chi connectivity index (χ3n) is 3.68. The van der Waals surface area contributed by atoms with E-state index in [1.54, 1.807) is 32.7 Å². The Morgan fingerprint density at radius 2 is 1.50 bits per heavy atom. The van der Waals surface area contributed by atoms with Gasteiger partial charge >= 0.3 is 0 Å². The molecule has 3 aromatic rings. The summed E-state index contributed by atoms with van der Waals surface area (Å²) in [6, 6.07) is 11.3. The highest BCUT2D eigenvalue weighted by molar-refractivity contribution is 7.19. The van der Waals surface area contributed by atoms with Crippen LogP contribution >= 0.6 is 11.3 Å². The van der Waals surface area contributed by atoms with Gasteiger partial charge in [-0.1, -0.05) is 0 Å². The van der Waals surface area contributed by atoms with Gasteiger partial charge in [-0.05, 0) is 30.3 Å². The molecule has 0 aliphatic carbocycles. The summed E-state index contributed by atoms with van der Waals surface area (Å²) in [5.74, 6) is 3.60. The molecule has 0 fully saturated rings. The SMILES string of the molecule is COc1ccc(Oc2c(CN)sc3cc(OC)c(OC)cc23)cc1. The largest absolute Gasteiger partial charge is 0.497 e. The van der Waals surface area contributed by atoms with Crippen LogP contribution in [-0.2, 0) is 6.54 Å². The first-order chi connectivity index (χ1) is 11.7. The van der Waals surface area contributed by atoms with Gasteiger partial charge in [0.2, 0.25) is 0 Å². The van der Waals surface area contributed by atoms with Crippen LogP contribution in [0.5, 0.6) is 28.7 Å². The van der Waals surface area contributed by atoms with Gasteiger partial charge in [0.05, 0.1) is 26.2 Å². The van der Waals surface area contributed by atoms with E-state index in [1.165, 1.54) is 0 Å². The molecule has 2 aromatic carbocycles. The lowest BCUT2D eigenvalue weighted by atomic mass is 10.2. The van der Waals surface area contributed by atoms with E-state index in [-0.39, 0.29) is 0 Å². The maximum absolute atomic E-state index is 6.10. The lowest BCUT2D eigenvalue weighted by Crippen LogP contribution is -1.96. The van der Waals surface area contributed by atoms with E-state index in [9.17, 15) is 0 Å². The molecule has 0 atom stereocenters. The summed E-state index contributed by atoms with van der Waals surface area (Å²) in [7, 11) is 4.87. The lowest BCUT2D eigenvalue weighted by molar-refractivity contribution is 0.356. The molecule has 2 N–H and O–H groups in total. The zero-order chi connectivity index (χ0) is 17.1. The fraction of sp³-hybridized carbons (Fsp3) is 0.222. The minimum absolute atomic E-state index is 0.398. The number of ether oxygens (including phenoxy) is 4. The fourth-order valence-corrected chi connectivity index (χ4v) is 3.48. The minimum atomic E-state index is 0.398. The van der Waals surface area contributed by atoms with E-state index in [0.717, 1.165) is 32.2 Å². The van der Waals surface area contributed by atoms with Crippen LogP contribution in [0, 0.1) is 0 Å². The van der Waals surface area contributed by atoms with E-state index in [2.05, 4.69) is 0 Å². The van der Waals surface area contributed by atoms with Gasteiger partial charge in [0.25, 0.3) is 0 Å². The lowest BCUT2D eigenvalue weighted by Gasteiger charge is -2.10. The third-order valence-corrected chi connectivity index (χ3v) is 4.84. The zero-order valence-electron chi connectivity index (χ0n) is 13.8. The van der Waals surface area contributed by atoms with Crippen molar-refractivity contribution in [3.63, 3.8) is 0 Å². The topological polar surface area (TPSA) is 62.9 Å². The molecule has 24 heavy (non-hydrogen) atoms. The number of benzene rings is 2. The van der Waals surface area contributed by atoms with Crippen molar-refractivity contribution in [2.75, 3.05) is 21.3 Å². The molecule has 0 spiro atoms. The Kier molecular flexibility index (Phi) is 4.78. The number of methoxy groups -OCH3 is 3. The summed E-state index contributed by atoms with van der Waals surface area (Å²) in [5.41, 5.74) is 5.90. The summed E-state index contributed by atoms with van der Waals surface area (Å²) in [6.45, 7) is 0.398. The predicted molar refractivity (Wildman–Crippen MR) is 95.9 cm³/mol. The number of thiophene rings is 1. The molecule has 0 aliphatic heterocycles. The smallest absolute Gasteiger partial charge is 0.162 e. The third kappa shape index (κ3) is 2.98. The van der Waals surface area contributed by atoms with Crippen LogP contribution in [0.3, 0.4) is 0 Å². The summed E-state index contributed by atoms with van der Waals surface area (Å²) in [4.78, 5) is 0.969. The molecule has 0 saturated heterocycles. The maximum Gasteiger partial charge on any atom is 0.162 e. The molecule has 0 saturated carbocycles. The van der Waals surface area contributed by atoms with Crippen LogP contribution in [0.2, 0.25) is 0 Å². The summed E-state index contributed by atoms with van der Waals surface area (Å²) >= 11 is 1.59. The van der Waals surface area contributed by atoms with E-state index >= 15 is 0 Å². The van der Waals surface area contributed by atoms with Gasteiger partial charge in [0, 0.05) is 22.7 Å². The summed E-state index contributed by atoms with van der Waals surface area (Å²) in [5, 5.41) is 0.953. The molecule has 1 heterocycles. The summed E-state index contributed by atoms with van der Waals surface area (Å²) < 4.78 is 23.1. The minimum Gasteiger partial charge on any atom is -0.497 e. The van der Waals surface area contributed by atoms with Gasteiger partial charge in [-0.3, -0.25) is 0 Å². The molecule has 126 valence electrons. The van der Waals surface area contributed by atoms with Crippen molar-refractivity contribution in [2.24, 2.45) is 5.73 Å². The van der Waals surface area contributed by atoms with E-state index in [0.29, 0.717) is 18.0 Å². The standard InChI is InChI=1S/C18H19NO4S/c1-20-11-4-6-12(7-5-11)23-18-13-8-14(21-2)15(22-3)9-16(13)24-17(18)10-19/h4-9H,10,19H2,1-3H3. The highest BCUT2D eigenvalue weighted by Crippen LogP contribution is 2.44. The first-order valence-corrected chi connectivity index (χ1v) is 8.21. The molecular weight excluding hydrogens is 326 g/mol. The molecule has 3 rings (SSSR count). The highest BCUT2D eigenvalue weighted by atomic mass is 32.1. The second-order valence-electron chi connectivity index (χ2n) is 5.04. The van der Waals surface area contributed by atoms with Gasteiger partial charge in [0.15, 0.2) is 17.2 Å². The number of hydrogen-bond acceptors (Lipinski definition) is 6. The average molecular weight is 345 g/mol. The first kappa shape index (κ1) is 16.4. The van der Waals surface area contributed by atoms with Crippen LogP contribution < -0.4 is 24.7 Å². The van der Waals surface area contributed by atoms with Crippen molar-refractivity contribution in [3.8, 4) is 28.7 Å². The van der Waals surface area contributed by atoms with E-state index < -0.39 is 0 Å². The number of fused-ring (bicyclic) bond motifs is 1. The Hall–Kier alpha value is -2.44. The van der Waals surface area contributed by atoms with Crippen molar-refractivity contribution in [2.45, 2.75) is 6.54 Å². The maximum atomic E-state index is 6.10. The van der Waals surface area contributed by atoms with Crippen molar-refractivity contribution in [1.82, 2.24) is 0 Å². The van der Waals surface area contributed by atoms with Gasteiger partial charge in [-0.2, -0.15) is 0 Å². The van der Waals surface area contributed by atoms with Crippen molar-refractivity contribution in [3.05, 3.63) is 41.3 Å². The number of hydrogen-bond donors (Lipinski definition) is 1. The molecular formula is C18H19NO4S.